The minimum Gasteiger partial charge on any atom is -0.462 e. The van der Waals surface area contributed by atoms with Gasteiger partial charge in [-0.25, -0.2) is 0 Å². The molecule has 0 spiro atoms. The first-order chi connectivity index (χ1) is 9.78. The van der Waals surface area contributed by atoms with E-state index in [1.165, 1.54) is 12.8 Å². The minimum atomic E-state index is -0.0883. The van der Waals surface area contributed by atoms with Crippen LogP contribution >= 0.6 is 0 Å². The van der Waals surface area contributed by atoms with Gasteiger partial charge in [0.05, 0.1) is 12.2 Å². The van der Waals surface area contributed by atoms with Gasteiger partial charge in [-0.15, -0.1) is 0 Å². The number of rotatable bonds is 8. The monoisotopic (exact) mass is 284 g/mol. The summed E-state index contributed by atoms with van der Waals surface area (Å²) in [6.45, 7) is 3.62. The fourth-order valence-corrected chi connectivity index (χ4v) is 3.02. The van der Waals surface area contributed by atoms with Crippen LogP contribution in [0.15, 0.2) is 0 Å². The molecule has 2 rings (SSSR count). The highest BCUT2D eigenvalue weighted by Gasteiger charge is 2.22. The van der Waals surface area contributed by atoms with Gasteiger partial charge in [0.25, 0.3) is 0 Å². The SMILES string of the molecule is CCC(=O)OC(CC[C@H]1CCCO1)CC[C@H]1CCCO1. The zero-order valence-electron chi connectivity index (χ0n) is 12.6. The van der Waals surface area contributed by atoms with Gasteiger partial charge in [0.2, 0.25) is 0 Å². The topological polar surface area (TPSA) is 44.8 Å². The summed E-state index contributed by atoms with van der Waals surface area (Å²) in [5.41, 5.74) is 0. The van der Waals surface area contributed by atoms with Crippen molar-refractivity contribution in [2.24, 2.45) is 0 Å². The van der Waals surface area contributed by atoms with Crippen LogP contribution in [-0.4, -0.2) is 37.5 Å². The molecular weight excluding hydrogens is 256 g/mol. The molecule has 2 aliphatic rings. The van der Waals surface area contributed by atoms with Crippen molar-refractivity contribution in [2.45, 2.75) is 83.0 Å². The number of ether oxygens (including phenoxy) is 3. The normalized spacial score (nSPS) is 26.3. The summed E-state index contributed by atoms with van der Waals surface area (Å²) in [6.07, 6.45) is 9.74. The maximum atomic E-state index is 11.5. The Balaban J connectivity index is 1.71. The van der Waals surface area contributed by atoms with Crippen LogP contribution in [-0.2, 0) is 19.0 Å². The van der Waals surface area contributed by atoms with Crippen molar-refractivity contribution in [1.82, 2.24) is 0 Å². The van der Waals surface area contributed by atoms with E-state index in [4.69, 9.17) is 14.2 Å². The lowest BCUT2D eigenvalue weighted by atomic mass is 10.0. The van der Waals surface area contributed by atoms with E-state index in [9.17, 15) is 4.79 Å². The molecule has 2 atom stereocenters. The highest BCUT2D eigenvalue weighted by Crippen LogP contribution is 2.23. The molecule has 20 heavy (non-hydrogen) atoms. The third-order valence-electron chi connectivity index (χ3n) is 4.26. The molecule has 2 saturated heterocycles. The Morgan fingerprint density at radius 2 is 1.65 bits per heavy atom. The minimum absolute atomic E-state index is 0.0378. The third-order valence-corrected chi connectivity index (χ3v) is 4.26. The number of hydrogen-bond donors (Lipinski definition) is 0. The molecular formula is C16H28O4. The standard InChI is InChI=1S/C16H28O4/c1-2-16(17)20-15(9-7-13-5-3-11-18-13)10-8-14-6-4-12-19-14/h13-15H,2-12H2,1H3/t13-,14-/m1/s1. The van der Waals surface area contributed by atoms with Gasteiger partial charge in [-0.05, 0) is 51.4 Å². The lowest BCUT2D eigenvalue weighted by molar-refractivity contribution is -0.150. The zero-order chi connectivity index (χ0) is 14.2. The van der Waals surface area contributed by atoms with Crippen LogP contribution in [0.1, 0.15) is 64.7 Å². The van der Waals surface area contributed by atoms with Crippen molar-refractivity contribution in [2.75, 3.05) is 13.2 Å². The van der Waals surface area contributed by atoms with Crippen LogP contribution in [0.4, 0.5) is 0 Å². The summed E-state index contributed by atoms with van der Waals surface area (Å²) < 4.78 is 16.9. The number of carbonyl (C=O) groups is 1. The first kappa shape index (κ1) is 15.8. The Labute approximate surface area is 122 Å². The molecule has 4 nitrogen and oxygen atoms in total. The van der Waals surface area contributed by atoms with Crippen molar-refractivity contribution in [3.05, 3.63) is 0 Å². The van der Waals surface area contributed by atoms with Gasteiger partial charge >= 0.3 is 5.97 Å². The molecule has 0 aromatic heterocycles. The maximum Gasteiger partial charge on any atom is 0.305 e. The van der Waals surface area contributed by atoms with E-state index in [1.807, 2.05) is 6.92 Å². The van der Waals surface area contributed by atoms with E-state index in [2.05, 4.69) is 0 Å². The first-order valence-electron chi connectivity index (χ1n) is 8.20. The van der Waals surface area contributed by atoms with Gasteiger partial charge in [0.15, 0.2) is 0 Å². The fourth-order valence-electron chi connectivity index (χ4n) is 3.02. The number of hydrogen-bond acceptors (Lipinski definition) is 4. The fraction of sp³-hybridized carbons (Fsp3) is 0.938. The largest absolute Gasteiger partial charge is 0.462 e. The second-order valence-electron chi connectivity index (χ2n) is 5.89. The summed E-state index contributed by atoms with van der Waals surface area (Å²) in [5.74, 6) is -0.0883. The Morgan fingerprint density at radius 1 is 1.10 bits per heavy atom. The molecule has 116 valence electrons. The van der Waals surface area contributed by atoms with Crippen molar-refractivity contribution >= 4 is 5.97 Å². The molecule has 0 amide bonds. The van der Waals surface area contributed by atoms with Crippen molar-refractivity contribution in [3.63, 3.8) is 0 Å². The molecule has 0 aromatic rings. The Kier molecular flexibility index (Phi) is 6.80. The van der Waals surface area contributed by atoms with Gasteiger partial charge in [0, 0.05) is 19.6 Å². The first-order valence-corrected chi connectivity index (χ1v) is 8.20. The second-order valence-corrected chi connectivity index (χ2v) is 5.89. The molecule has 0 radical (unpaired) electrons. The Morgan fingerprint density at radius 3 is 2.05 bits per heavy atom. The van der Waals surface area contributed by atoms with E-state index < -0.39 is 0 Å². The zero-order valence-corrected chi connectivity index (χ0v) is 12.6. The van der Waals surface area contributed by atoms with Crippen LogP contribution < -0.4 is 0 Å². The average Bonchev–Trinajstić information content (AvgIpc) is 3.14. The third kappa shape index (κ3) is 5.41. The van der Waals surface area contributed by atoms with Gasteiger partial charge in [-0.1, -0.05) is 6.92 Å². The van der Waals surface area contributed by atoms with Crippen LogP contribution in [0.5, 0.6) is 0 Å². The van der Waals surface area contributed by atoms with E-state index >= 15 is 0 Å². The summed E-state index contributed by atoms with van der Waals surface area (Å²) in [4.78, 5) is 11.5. The summed E-state index contributed by atoms with van der Waals surface area (Å²) in [5, 5.41) is 0. The van der Waals surface area contributed by atoms with Crippen LogP contribution in [0.3, 0.4) is 0 Å². The Bertz CT molecular complexity index is 260. The average molecular weight is 284 g/mol. The van der Waals surface area contributed by atoms with Crippen LogP contribution in [0.25, 0.3) is 0 Å². The summed E-state index contributed by atoms with van der Waals surface area (Å²) >= 11 is 0. The molecule has 2 heterocycles. The van der Waals surface area contributed by atoms with Crippen molar-refractivity contribution in [1.29, 1.82) is 0 Å². The van der Waals surface area contributed by atoms with Crippen molar-refractivity contribution in [3.8, 4) is 0 Å². The molecule has 2 aliphatic heterocycles. The highest BCUT2D eigenvalue weighted by atomic mass is 16.5. The van der Waals surface area contributed by atoms with Gasteiger partial charge < -0.3 is 14.2 Å². The maximum absolute atomic E-state index is 11.5. The van der Waals surface area contributed by atoms with Crippen LogP contribution in [0.2, 0.25) is 0 Å². The lowest BCUT2D eigenvalue weighted by Crippen LogP contribution is -2.22. The highest BCUT2D eigenvalue weighted by molar-refractivity contribution is 5.69. The van der Waals surface area contributed by atoms with Crippen LogP contribution in [0, 0.1) is 0 Å². The number of carbonyl (C=O) groups excluding carboxylic acids is 1. The van der Waals surface area contributed by atoms with Gasteiger partial charge in [-0.2, -0.15) is 0 Å². The molecule has 0 aliphatic carbocycles. The molecule has 0 unspecified atom stereocenters. The van der Waals surface area contributed by atoms with E-state index in [0.29, 0.717) is 18.6 Å². The quantitative estimate of drug-likeness (QED) is 0.642. The predicted octanol–water partition coefficient (Wildman–Crippen LogP) is 3.23. The van der Waals surface area contributed by atoms with E-state index in [1.54, 1.807) is 0 Å². The van der Waals surface area contributed by atoms with E-state index in [0.717, 1.165) is 51.7 Å². The summed E-state index contributed by atoms with van der Waals surface area (Å²) in [6, 6.07) is 0. The van der Waals surface area contributed by atoms with E-state index in [-0.39, 0.29) is 12.1 Å². The predicted molar refractivity (Wildman–Crippen MR) is 76.6 cm³/mol. The van der Waals surface area contributed by atoms with Gasteiger partial charge in [-0.3, -0.25) is 4.79 Å². The van der Waals surface area contributed by atoms with Crippen molar-refractivity contribution < 1.29 is 19.0 Å². The Hall–Kier alpha value is -0.610. The smallest absolute Gasteiger partial charge is 0.305 e. The molecule has 0 bridgehead atoms. The molecule has 0 aromatic carbocycles. The summed E-state index contributed by atoms with van der Waals surface area (Å²) in [7, 11) is 0. The second kappa shape index (κ2) is 8.63. The lowest BCUT2D eigenvalue weighted by Gasteiger charge is -2.20. The molecule has 0 saturated carbocycles. The number of esters is 1. The van der Waals surface area contributed by atoms with Gasteiger partial charge in [0.1, 0.15) is 6.10 Å². The molecule has 4 heteroatoms. The molecule has 0 N–H and O–H groups in total. The molecule has 2 fully saturated rings.